The van der Waals surface area contributed by atoms with Gasteiger partial charge in [-0.3, -0.25) is 38.8 Å². The van der Waals surface area contributed by atoms with Crippen molar-refractivity contribution in [2.45, 2.75) is 135 Å². The predicted molar refractivity (Wildman–Crippen MR) is 236 cm³/mol. The molecule has 6 amide bonds. The van der Waals surface area contributed by atoms with Gasteiger partial charge in [0.05, 0.1) is 6.04 Å². The Morgan fingerprint density at radius 2 is 1.35 bits per heavy atom. The Bertz CT molecular complexity index is 1770. The predicted octanol–water partition coefficient (Wildman–Crippen LogP) is -2.02. The molecule has 0 saturated carbocycles. The van der Waals surface area contributed by atoms with Crippen molar-refractivity contribution in [3.8, 4) is 5.75 Å². The Morgan fingerprint density at radius 1 is 0.762 bits per heavy atom. The monoisotopic (exact) mass is 888 g/mol. The molecule has 8 atom stereocenters. The van der Waals surface area contributed by atoms with Crippen LogP contribution in [0.15, 0.2) is 34.3 Å². The van der Waals surface area contributed by atoms with Gasteiger partial charge in [0, 0.05) is 26.1 Å². The van der Waals surface area contributed by atoms with E-state index in [4.69, 9.17) is 28.7 Å². The summed E-state index contributed by atoms with van der Waals surface area (Å²) >= 11 is 0. The fraction of sp³-hybridized carbons (Fsp3) is 0.634. The molecule has 1 fully saturated rings. The van der Waals surface area contributed by atoms with E-state index in [0.29, 0.717) is 31.2 Å². The summed E-state index contributed by atoms with van der Waals surface area (Å²) in [5.41, 5.74) is 28.3. The molecule has 0 bridgehead atoms. The number of phenolic OH excluding ortho intramolecular Hbond substituents is 1. The zero-order valence-electron chi connectivity index (χ0n) is 37.0. The molecular weight excluding hydrogens is 819 g/mol. The number of carboxylic acids is 1. The van der Waals surface area contributed by atoms with E-state index in [1.165, 1.54) is 24.0 Å². The van der Waals surface area contributed by atoms with E-state index < -0.39 is 89.6 Å². The van der Waals surface area contributed by atoms with Gasteiger partial charge in [-0.25, -0.2) is 4.79 Å². The number of rotatable bonds is 26. The van der Waals surface area contributed by atoms with Crippen molar-refractivity contribution in [1.29, 1.82) is 0 Å². The van der Waals surface area contributed by atoms with Crippen molar-refractivity contribution in [1.82, 2.24) is 31.5 Å². The summed E-state index contributed by atoms with van der Waals surface area (Å²) < 4.78 is 0. The van der Waals surface area contributed by atoms with Crippen molar-refractivity contribution < 1.29 is 43.8 Å². The van der Waals surface area contributed by atoms with Crippen molar-refractivity contribution in [2.75, 3.05) is 19.6 Å². The van der Waals surface area contributed by atoms with E-state index >= 15 is 0 Å². The summed E-state index contributed by atoms with van der Waals surface area (Å²) in [5.74, 6) is -5.93. The van der Waals surface area contributed by atoms with Crippen LogP contribution in [-0.4, -0.2) is 130 Å². The van der Waals surface area contributed by atoms with Crippen LogP contribution in [0, 0.1) is 11.8 Å². The largest absolute Gasteiger partial charge is 0.508 e. The van der Waals surface area contributed by atoms with E-state index in [-0.39, 0.29) is 75.3 Å². The molecule has 0 radical (unpaired) electrons. The van der Waals surface area contributed by atoms with Gasteiger partial charge in [0.25, 0.3) is 0 Å². The number of guanidine groups is 2. The van der Waals surface area contributed by atoms with Crippen LogP contribution in [0.3, 0.4) is 0 Å². The fourth-order valence-electron chi connectivity index (χ4n) is 6.85. The molecule has 1 saturated heterocycles. The second-order valence-corrected chi connectivity index (χ2v) is 16.3. The fourth-order valence-corrected chi connectivity index (χ4v) is 6.85. The van der Waals surface area contributed by atoms with Crippen LogP contribution in [0.1, 0.15) is 91.5 Å². The molecule has 1 aliphatic rings. The number of nitrogens with zero attached hydrogens (tertiary/aromatic N) is 3. The van der Waals surface area contributed by atoms with E-state index in [2.05, 4.69) is 36.6 Å². The molecule has 1 aromatic rings. The maximum absolute atomic E-state index is 14.1. The van der Waals surface area contributed by atoms with E-state index in [9.17, 15) is 43.8 Å². The molecule has 0 aromatic heterocycles. The normalized spacial score (nSPS) is 16.8. The molecule has 352 valence electrons. The van der Waals surface area contributed by atoms with E-state index in [0.717, 1.165) is 0 Å². The number of carbonyl (C=O) groups is 7. The summed E-state index contributed by atoms with van der Waals surface area (Å²) in [6, 6.07) is -2.02. The van der Waals surface area contributed by atoms with E-state index in [1.807, 2.05) is 20.8 Å². The number of aliphatic imine (C=N–C) groups is 2. The average molecular weight is 888 g/mol. The highest BCUT2D eigenvalue weighted by Gasteiger charge is 2.40. The van der Waals surface area contributed by atoms with Crippen LogP contribution in [0.2, 0.25) is 0 Å². The van der Waals surface area contributed by atoms with Crippen molar-refractivity contribution in [3.05, 3.63) is 29.8 Å². The summed E-state index contributed by atoms with van der Waals surface area (Å²) in [7, 11) is 0. The molecule has 17 N–H and O–H groups in total. The number of nitrogens with two attached hydrogens (primary N) is 5. The average Bonchev–Trinajstić information content (AvgIpc) is 3.72. The number of aromatic hydroxyl groups is 1. The minimum absolute atomic E-state index is 0.0280. The molecule has 22 heteroatoms. The number of likely N-dealkylation sites (tertiary alicyclic amines) is 1. The first kappa shape index (κ1) is 52.9. The molecular formula is C41H69N13O9. The first-order valence-electron chi connectivity index (χ1n) is 21.3. The van der Waals surface area contributed by atoms with Gasteiger partial charge in [-0.15, -0.1) is 0 Å². The number of aliphatic carboxylic acids is 1. The molecule has 0 unspecified atom stereocenters. The minimum Gasteiger partial charge on any atom is -0.508 e. The first-order chi connectivity index (χ1) is 29.6. The lowest BCUT2D eigenvalue weighted by Gasteiger charge is -2.30. The molecule has 1 heterocycles. The maximum atomic E-state index is 14.1. The molecule has 63 heavy (non-hydrogen) atoms. The Morgan fingerprint density at radius 3 is 1.90 bits per heavy atom. The molecule has 0 aliphatic carbocycles. The second kappa shape index (κ2) is 26.3. The summed E-state index contributed by atoms with van der Waals surface area (Å²) in [6.45, 7) is 9.15. The highest BCUT2D eigenvalue weighted by molar-refractivity contribution is 5.97. The van der Waals surface area contributed by atoms with Crippen LogP contribution in [0.25, 0.3) is 0 Å². The van der Waals surface area contributed by atoms with Gasteiger partial charge < -0.3 is 70.4 Å². The number of nitrogens with one attached hydrogen (secondary N) is 5. The number of phenols is 1. The number of amides is 6. The van der Waals surface area contributed by atoms with Gasteiger partial charge in [0.15, 0.2) is 11.9 Å². The quantitative estimate of drug-likeness (QED) is 0.0272. The van der Waals surface area contributed by atoms with Crippen LogP contribution in [-0.2, 0) is 40.0 Å². The summed E-state index contributed by atoms with van der Waals surface area (Å²) in [5, 5.41) is 32.8. The van der Waals surface area contributed by atoms with Crippen molar-refractivity contribution in [2.24, 2.45) is 50.5 Å². The molecule has 22 nitrogen and oxygen atoms in total. The van der Waals surface area contributed by atoms with Crippen LogP contribution in [0.5, 0.6) is 5.75 Å². The lowest BCUT2D eigenvalue weighted by Crippen LogP contribution is -2.60. The SMILES string of the molecule is CC[C@H](C)[C@H](NC(=O)[C@H](C)NC(=O)[C@H](Cc1ccc(O)cc1)NC(=O)[C@@H]1CCCN1C(=O)[C@H](CCCN=C(N)N)NC(=O)[C@@H](N)CCCN=C(N)N)C(=O)N[C@@H](CC(C)C)C(=O)O. The van der Waals surface area contributed by atoms with Crippen LogP contribution in [0.4, 0.5) is 0 Å². The third-order valence-electron chi connectivity index (χ3n) is 10.6. The lowest BCUT2D eigenvalue weighted by atomic mass is 9.96. The molecule has 0 spiro atoms. The third kappa shape index (κ3) is 18.4. The number of hydrogen-bond donors (Lipinski definition) is 12. The molecule has 2 rings (SSSR count). The lowest BCUT2D eigenvalue weighted by molar-refractivity contribution is -0.143. The van der Waals surface area contributed by atoms with Crippen LogP contribution < -0.4 is 55.3 Å². The smallest absolute Gasteiger partial charge is 0.326 e. The van der Waals surface area contributed by atoms with Crippen molar-refractivity contribution in [3.63, 3.8) is 0 Å². The number of hydrogen-bond acceptors (Lipinski definition) is 11. The van der Waals surface area contributed by atoms with Gasteiger partial charge in [0.1, 0.15) is 42.0 Å². The van der Waals surface area contributed by atoms with E-state index in [1.54, 1.807) is 19.1 Å². The maximum Gasteiger partial charge on any atom is 0.326 e. The van der Waals surface area contributed by atoms with Crippen LogP contribution >= 0.6 is 0 Å². The zero-order chi connectivity index (χ0) is 47.4. The minimum atomic E-state index is -1.29. The topological polar surface area (TPSA) is 378 Å². The van der Waals surface area contributed by atoms with Gasteiger partial charge in [-0.2, -0.15) is 0 Å². The van der Waals surface area contributed by atoms with Gasteiger partial charge in [-0.05, 0) is 81.4 Å². The highest BCUT2D eigenvalue weighted by Crippen LogP contribution is 2.21. The number of carboxylic acid groups (broad SMARTS) is 1. The number of benzene rings is 1. The summed E-state index contributed by atoms with van der Waals surface area (Å²) in [6.07, 6.45) is 2.24. The number of carbonyl (C=O) groups excluding carboxylic acids is 6. The molecule has 1 aliphatic heterocycles. The van der Waals surface area contributed by atoms with Crippen molar-refractivity contribution >= 4 is 53.3 Å². The Kier molecular flexibility index (Phi) is 22.1. The summed E-state index contributed by atoms with van der Waals surface area (Å²) in [4.78, 5) is 103. The Labute approximate surface area is 368 Å². The molecule has 1 aromatic carbocycles. The second-order valence-electron chi connectivity index (χ2n) is 16.3. The standard InChI is InChI=1S/C41H69N13O9/c1-6-23(4)32(37(60)52-30(39(62)63)20-22(2)3)53-33(56)24(5)49-35(58)29(21-25-13-15-26(55)16-14-25)51-36(59)31-12-9-19-54(31)38(61)28(11-8-18-48-41(45)46)50-34(57)27(42)10-7-17-47-40(43)44/h13-16,22-24,27-32,55H,6-12,17-21,42H2,1-5H3,(H,49,58)(H,50,57)(H,51,59)(H,52,60)(H,53,56)(H,62,63)(H4,43,44,47)(H4,45,46,48)/t23-,24-,27-,28-,29-,30-,31-,32-/m0/s1. The highest BCUT2D eigenvalue weighted by atomic mass is 16.4. The van der Waals surface area contributed by atoms with Gasteiger partial charge in [-0.1, -0.05) is 46.2 Å². The van der Waals surface area contributed by atoms with Gasteiger partial charge in [0.2, 0.25) is 35.4 Å². The van der Waals surface area contributed by atoms with Gasteiger partial charge >= 0.3 is 5.97 Å². The zero-order valence-corrected chi connectivity index (χ0v) is 37.0. The Hall–Kier alpha value is -6.19. The Balaban J connectivity index is 2.31. The third-order valence-corrected chi connectivity index (χ3v) is 10.6. The first-order valence-corrected chi connectivity index (χ1v) is 21.3.